The number of benzene rings is 2. The molecule has 2 nitrogen and oxygen atoms in total. The molecule has 1 aliphatic carbocycles. The summed E-state index contributed by atoms with van der Waals surface area (Å²) in [5.74, 6) is 0.478. The fourth-order valence-electron chi connectivity index (χ4n) is 4.82. The molecule has 0 bridgehead atoms. The van der Waals surface area contributed by atoms with E-state index in [0.29, 0.717) is 18.3 Å². The molecule has 2 aromatic rings. The second kappa shape index (κ2) is 9.43. The molecule has 0 aliphatic heterocycles. The third kappa shape index (κ3) is 4.98. The van der Waals surface area contributed by atoms with Gasteiger partial charge in [-0.15, -0.1) is 6.58 Å². The molecule has 154 valence electrons. The maximum absolute atomic E-state index is 13.2. The van der Waals surface area contributed by atoms with Crippen molar-refractivity contribution >= 4 is 5.97 Å². The smallest absolute Gasteiger partial charge is 0.314 e. The van der Waals surface area contributed by atoms with Gasteiger partial charge in [-0.25, -0.2) is 0 Å². The summed E-state index contributed by atoms with van der Waals surface area (Å²) >= 11 is 0. The van der Waals surface area contributed by atoms with Gasteiger partial charge in [0.25, 0.3) is 0 Å². The van der Waals surface area contributed by atoms with Gasteiger partial charge in [-0.3, -0.25) is 4.79 Å². The maximum atomic E-state index is 13.2. The summed E-state index contributed by atoms with van der Waals surface area (Å²) in [7, 11) is 0. The Bertz CT molecular complexity index is 794. The van der Waals surface area contributed by atoms with Crippen LogP contribution in [-0.4, -0.2) is 12.1 Å². The van der Waals surface area contributed by atoms with Gasteiger partial charge in [-0.1, -0.05) is 93.9 Å². The van der Waals surface area contributed by atoms with Crippen molar-refractivity contribution in [1.29, 1.82) is 0 Å². The lowest BCUT2D eigenvalue weighted by molar-refractivity contribution is -0.158. The highest BCUT2D eigenvalue weighted by Gasteiger charge is 2.42. The van der Waals surface area contributed by atoms with Gasteiger partial charge in [-0.05, 0) is 41.7 Å². The van der Waals surface area contributed by atoms with Crippen LogP contribution in [0.15, 0.2) is 73.3 Å². The number of rotatable bonds is 7. The minimum atomic E-state index is -0.286. The van der Waals surface area contributed by atoms with Crippen molar-refractivity contribution in [3.8, 4) is 0 Å². The average molecular weight is 391 g/mol. The van der Waals surface area contributed by atoms with Crippen LogP contribution < -0.4 is 0 Å². The van der Waals surface area contributed by atoms with Crippen molar-refractivity contribution in [2.75, 3.05) is 0 Å². The second-order valence-electron chi connectivity index (χ2n) is 9.08. The third-order valence-corrected chi connectivity index (χ3v) is 6.66. The van der Waals surface area contributed by atoms with E-state index < -0.39 is 0 Å². The molecule has 0 amide bonds. The molecule has 0 radical (unpaired) electrons. The molecular formula is C27H34O2. The minimum Gasteiger partial charge on any atom is -0.462 e. The van der Waals surface area contributed by atoms with Gasteiger partial charge >= 0.3 is 5.97 Å². The molecule has 1 saturated carbocycles. The van der Waals surface area contributed by atoms with Gasteiger partial charge in [0, 0.05) is 5.92 Å². The number of hydrogen-bond acceptors (Lipinski definition) is 2. The Balaban J connectivity index is 1.83. The Morgan fingerprint density at radius 3 is 2.34 bits per heavy atom. The Kier molecular flexibility index (Phi) is 6.95. The monoisotopic (exact) mass is 390 g/mol. The van der Waals surface area contributed by atoms with E-state index in [9.17, 15) is 4.79 Å². The van der Waals surface area contributed by atoms with Crippen LogP contribution in [0, 0.1) is 11.8 Å². The molecule has 4 atom stereocenters. The van der Waals surface area contributed by atoms with E-state index in [2.05, 4.69) is 57.7 Å². The Labute approximate surface area is 176 Å². The van der Waals surface area contributed by atoms with Gasteiger partial charge in [-0.2, -0.15) is 0 Å². The van der Waals surface area contributed by atoms with Crippen LogP contribution in [-0.2, 0) is 14.9 Å². The van der Waals surface area contributed by atoms with E-state index >= 15 is 0 Å². The van der Waals surface area contributed by atoms with E-state index in [-0.39, 0.29) is 23.4 Å². The molecule has 0 unspecified atom stereocenters. The summed E-state index contributed by atoms with van der Waals surface area (Å²) in [4.78, 5) is 13.2. The highest BCUT2D eigenvalue weighted by Crippen LogP contribution is 2.44. The zero-order chi connectivity index (χ0) is 20.9. The normalized spacial score (nSPS) is 23.2. The lowest BCUT2D eigenvalue weighted by Crippen LogP contribution is -2.44. The van der Waals surface area contributed by atoms with Crippen LogP contribution in [0.4, 0.5) is 0 Å². The molecule has 0 N–H and O–H groups in total. The fraction of sp³-hybridized carbons (Fsp3) is 0.444. The summed E-state index contributed by atoms with van der Waals surface area (Å²) < 4.78 is 6.26. The molecule has 2 heteroatoms. The van der Waals surface area contributed by atoms with E-state index in [0.717, 1.165) is 18.4 Å². The quantitative estimate of drug-likeness (QED) is 0.390. The Morgan fingerprint density at radius 1 is 1.10 bits per heavy atom. The van der Waals surface area contributed by atoms with Crippen molar-refractivity contribution in [1.82, 2.24) is 0 Å². The summed E-state index contributed by atoms with van der Waals surface area (Å²) in [6, 6.07) is 20.6. The molecule has 29 heavy (non-hydrogen) atoms. The summed E-state index contributed by atoms with van der Waals surface area (Å²) in [6.07, 6.45) is 5.55. The van der Waals surface area contributed by atoms with Gasteiger partial charge in [0.05, 0.1) is 5.92 Å². The number of hydrogen-bond donors (Lipinski definition) is 0. The number of carbonyl (C=O) groups is 1. The number of carbonyl (C=O) groups excluding carboxylic acids is 1. The van der Waals surface area contributed by atoms with Gasteiger partial charge in [0.15, 0.2) is 0 Å². The topological polar surface area (TPSA) is 26.3 Å². The number of esters is 1. The number of ether oxygens (including phenoxy) is 1. The Morgan fingerprint density at radius 2 is 1.72 bits per heavy atom. The molecular weight excluding hydrogens is 356 g/mol. The van der Waals surface area contributed by atoms with Gasteiger partial charge < -0.3 is 4.74 Å². The lowest BCUT2D eigenvalue weighted by atomic mass is 9.64. The van der Waals surface area contributed by atoms with Crippen LogP contribution in [0.5, 0.6) is 0 Å². The minimum absolute atomic E-state index is 0.0486. The highest BCUT2D eigenvalue weighted by molar-refractivity contribution is 5.78. The predicted molar refractivity (Wildman–Crippen MR) is 120 cm³/mol. The molecule has 0 saturated heterocycles. The second-order valence-corrected chi connectivity index (χ2v) is 9.08. The third-order valence-electron chi connectivity index (χ3n) is 6.66. The summed E-state index contributed by atoms with van der Waals surface area (Å²) in [5.41, 5.74) is 2.26. The van der Waals surface area contributed by atoms with Gasteiger partial charge in [0.1, 0.15) is 6.10 Å². The van der Waals surface area contributed by atoms with Crippen LogP contribution >= 0.6 is 0 Å². The van der Waals surface area contributed by atoms with Crippen molar-refractivity contribution < 1.29 is 9.53 Å². The molecule has 0 spiro atoms. The van der Waals surface area contributed by atoms with E-state index in [1.165, 1.54) is 12.0 Å². The molecule has 2 aromatic carbocycles. The first-order chi connectivity index (χ1) is 13.9. The largest absolute Gasteiger partial charge is 0.462 e. The maximum Gasteiger partial charge on any atom is 0.314 e. The fourth-order valence-corrected chi connectivity index (χ4v) is 4.82. The zero-order valence-corrected chi connectivity index (χ0v) is 18.0. The van der Waals surface area contributed by atoms with Crippen LogP contribution in [0.3, 0.4) is 0 Å². The van der Waals surface area contributed by atoms with E-state index in [1.807, 2.05) is 36.4 Å². The van der Waals surface area contributed by atoms with Crippen molar-refractivity contribution in [3.05, 3.63) is 84.4 Å². The van der Waals surface area contributed by atoms with E-state index in [1.54, 1.807) is 0 Å². The molecule has 0 heterocycles. The highest BCUT2D eigenvalue weighted by atomic mass is 16.5. The SMILES string of the molecule is C=CC[C@H](C(=O)O[C@@H]1C[C@H](C)CC[C@H]1C(C)(C)c1ccccc1)c1ccccc1. The van der Waals surface area contributed by atoms with Crippen LogP contribution in [0.1, 0.15) is 63.5 Å². The first-order valence-corrected chi connectivity index (χ1v) is 10.8. The first kappa shape index (κ1) is 21.4. The van der Waals surface area contributed by atoms with E-state index in [4.69, 9.17) is 4.74 Å². The van der Waals surface area contributed by atoms with Crippen molar-refractivity contribution in [3.63, 3.8) is 0 Å². The Hall–Kier alpha value is -2.35. The molecule has 3 rings (SSSR count). The first-order valence-electron chi connectivity index (χ1n) is 10.8. The lowest BCUT2D eigenvalue weighted by Gasteiger charge is -2.44. The summed E-state index contributed by atoms with van der Waals surface area (Å²) in [6.45, 7) is 10.7. The van der Waals surface area contributed by atoms with Crippen molar-refractivity contribution in [2.24, 2.45) is 11.8 Å². The average Bonchev–Trinajstić information content (AvgIpc) is 2.73. The zero-order valence-electron chi connectivity index (χ0n) is 18.0. The van der Waals surface area contributed by atoms with Gasteiger partial charge in [0.2, 0.25) is 0 Å². The molecule has 1 fully saturated rings. The molecule has 0 aromatic heterocycles. The predicted octanol–water partition coefficient (Wildman–Crippen LogP) is 6.67. The van der Waals surface area contributed by atoms with Crippen LogP contribution in [0.25, 0.3) is 0 Å². The standard InChI is InChI=1S/C27H34O2/c1-5-12-23(21-13-8-6-9-14-21)26(28)29-25-19-20(2)17-18-24(25)27(3,4)22-15-10-7-11-16-22/h5-11,13-16,20,23-25H,1,12,17-19H2,2-4H3/t20-,23+,24-,25-/m1/s1. The van der Waals surface area contributed by atoms with Crippen molar-refractivity contribution in [2.45, 2.75) is 63.9 Å². The molecule has 1 aliphatic rings. The van der Waals surface area contributed by atoms with Crippen LogP contribution in [0.2, 0.25) is 0 Å². The summed E-state index contributed by atoms with van der Waals surface area (Å²) in [5, 5.41) is 0. The number of allylic oxidation sites excluding steroid dienone is 1.